The maximum atomic E-state index is 13.9. The zero-order chi connectivity index (χ0) is 15.6. The zero-order valence-electron chi connectivity index (χ0n) is 11.3. The fourth-order valence-corrected chi connectivity index (χ4v) is 1.96. The molecule has 6 nitrogen and oxygen atoms in total. The van der Waals surface area contributed by atoms with Gasteiger partial charge in [-0.3, -0.25) is 13.9 Å². The van der Waals surface area contributed by atoms with Crippen molar-refractivity contribution in [1.82, 2.24) is 9.13 Å². The fourth-order valence-electron chi connectivity index (χ4n) is 1.96. The van der Waals surface area contributed by atoms with Crippen LogP contribution in [0.25, 0.3) is 0 Å². The summed E-state index contributed by atoms with van der Waals surface area (Å²) in [5.41, 5.74) is 4.59. The van der Waals surface area contributed by atoms with Gasteiger partial charge in [0.05, 0.1) is 18.2 Å². The molecular formula is C14H13FN4O2. The Morgan fingerprint density at radius 1 is 1.38 bits per heavy atom. The van der Waals surface area contributed by atoms with Crippen LogP contribution in [-0.2, 0) is 13.1 Å². The molecule has 108 valence electrons. The maximum Gasteiger partial charge on any atom is 0.331 e. The van der Waals surface area contributed by atoms with E-state index in [0.717, 1.165) is 10.6 Å². The van der Waals surface area contributed by atoms with E-state index >= 15 is 0 Å². The number of halogens is 1. The van der Waals surface area contributed by atoms with E-state index in [2.05, 4.69) is 0 Å². The van der Waals surface area contributed by atoms with Crippen LogP contribution in [0.5, 0.6) is 0 Å². The van der Waals surface area contributed by atoms with Crippen molar-refractivity contribution in [1.29, 1.82) is 5.26 Å². The molecule has 0 bridgehead atoms. The minimum absolute atomic E-state index is 0.0782. The van der Waals surface area contributed by atoms with Crippen LogP contribution in [0, 0.1) is 17.1 Å². The largest absolute Gasteiger partial charge is 0.393 e. The van der Waals surface area contributed by atoms with E-state index in [1.807, 2.05) is 6.07 Å². The van der Waals surface area contributed by atoms with Crippen molar-refractivity contribution in [2.45, 2.75) is 20.0 Å². The summed E-state index contributed by atoms with van der Waals surface area (Å²) in [6, 6.07) is 5.67. The summed E-state index contributed by atoms with van der Waals surface area (Å²) in [6.07, 6.45) is 1.27. The van der Waals surface area contributed by atoms with Gasteiger partial charge < -0.3 is 5.73 Å². The molecule has 0 aliphatic carbocycles. The Bertz CT molecular complexity index is 846. The Morgan fingerprint density at radius 3 is 2.67 bits per heavy atom. The Kier molecular flexibility index (Phi) is 3.89. The molecule has 1 aromatic heterocycles. The molecule has 2 aromatic rings. The van der Waals surface area contributed by atoms with Crippen molar-refractivity contribution in [2.24, 2.45) is 0 Å². The Hall–Kier alpha value is -2.88. The second kappa shape index (κ2) is 5.63. The van der Waals surface area contributed by atoms with Crippen LogP contribution in [0.4, 0.5) is 10.1 Å². The second-order valence-electron chi connectivity index (χ2n) is 4.46. The Labute approximate surface area is 119 Å². The molecular weight excluding hydrogens is 275 g/mol. The van der Waals surface area contributed by atoms with Crippen molar-refractivity contribution in [3.05, 3.63) is 62.2 Å². The summed E-state index contributed by atoms with van der Waals surface area (Å²) < 4.78 is 16.0. The van der Waals surface area contributed by atoms with Gasteiger partial charge in [0, 0.05) is 18.3 Å². The number of hydrogen-bond donors (Lipinski definition) is 1. The number of nitriles is 1. The van der Waals surface area contributed by atoms with E-state index < -0.39 is 17.1 Å². The average molecular weight is 288 g/mol. The SMILES string of the molecule is CCn1cc(N)c(=O)n(Cc2ccc(C#N)cc2F)c1=O. The summed E-state index contributed by atoms with van der Waals surface area (Å²) in [7, 11) is 0. The lowest BCUT2D eigenvalue weighted by Crippen LogP contribution is -2.40. The van der Waals surface area contributed by atoms with E-state index in [1.165, 1.54) is 22.9 Å². The number of aryl methyl sites for hydroxylation is 1. The highest BCUT2D eigenvalue weighted by Crippen LogP contribution is 2.10. The van der Waals surface area contributed by atoms with E-state index in [-0.39, 0.29) is 23.4 Å². The van der Waals surface area contributed by atoms with Gasteiger partial charge in [0.2, 0.25) is 0 Å². The van der Waals surface area contributed by atoms with Gasteiger partial charge in [0.1, 0.15) is 11.5 Å². The number of benzene rings is 1. The lowest BCUT2D eigenvalue weighted by atomic mass is 10.1. The van der Waals surface area contributed by atoms with Gasteiger partial charge >= 0.3 is 5.69 Å². The molecule has 2 N–H and O–H groups in total. The minimum Gasteiger partial charge on any atom is -0.393 e. The normalized spacial score (nSPS) is 10.3. The van der Waals surface area contributed by atoms with Gasteiger partial charge in [-0.15, -0.1) is 0 Å². The zero-order valence-corrected chi connectivity index (χ0v) is 11.3. The van der Waals surface area contributed by atoms with Crippen LogP contribution in [0.1, 0.15) is 18.1 Å². The Morgan fingerprint density at radius 2 is 2.10 bits per heavy atom. The quantitative estimate of drug-likeness (QED) is 0.898. The van der Waals surface area contributed by atoms with Gasteiger partial charge in [-0.1, -0.05) is 6.07 Å². The summed E-state index contributed by atoms with van der Waals surface area (Å²) in [5.74, 6) is -0.647. The van der Waals surface area contributed by atoms with Gasteiger partial charge in [0.25, 0.3) is 5.56 Å². The lowest BCUT2D eigenvalue weighted by molar-refractivity contribution is 0.567. The van der Waals surface area contributed by atoms with Crippen LogP contribution in [-0.4, -0.2) is 9.13 Å². The van der Waals surface area contributed by atoms with Gasteiger partial charge in [-0.25, -0.2) is 9.18 Å². The second-order valence-corrected chi connectivity index (χ2v) is 4.46. The van der Waals surface area contributed by atoms with E-state index in [4.69, 9.17) is 11.0 Å². The topological polar surface area (TPSA) is 93.8 Å². The van der Waals surface area contributed by atoms with Crippen LogP contribution >= 0.6 is 0 Å². The summed E-state index contributed by atoms with van der Waals surface area (Å²) in [4.78, 5) is 24.1. The molecule has 1 aromatic carbocycles. The highest BCUT2D eigenvalue weighted by atomic mass is 19.1. The first-order valence-electron chi connectivity index (χ1n) is 6.26. The molecule has 21 heavy (non-hydrogen) atoms. The summed E-state index contributed by atoms with van der Waals surface area (Å²) in [6.45, 7) is 1.84. The summed E-state index contributed by atoms with van der Waals surface area (Å²) >= 11 is 0. The highest BCUT2D eigenvalue weighted by Gasteiger charge is 2.12. The standard InChI is InChI=1S/C14H13FN4O2/c1-2-18-8-12(17)13(20)19(14(18)21)7-10-4-3-9(6-16)5-11(10)15/h3-5,8H,2,7,17H2,1H3. The van der Waals surface area contributed by atoms with Crippen molar-refractivity contribution < 1.29 is 4.39 Å². The molecule has 0 radical (unpaired) electrons. The number of nitrogen functional groups attached to an aromatic ring is 1. The van der Waals surface area contributed by atoms with E-state index in [1.54, 1.807) is 6.92 Å². The monoisotopic (exact) mass is 288 g/mol. The first kappa shape index (κ1) is 14.5. The number of aromatic nitrogens is 2. The maximum absolute atomic E-state index is 13.9. The van der Waals surface area contributed by atoms with Crippen LogP contribution in [0.15, 0.2) is 34.0 Å². The molecule has 2 rings (SSSR count). The van der Waals surface area contributed by atoms with Crippen LogP contribution in [0.3, 0.4) is 0 Å². The number of rotatable bonds is 3. The third-order valence-corrected chi connectivity index (χ3v) is 3.11. The number of nitrogens with two attached hydrogens (primary N) is 1. The minimum atomic E-state index is -0.659. The van der Waals surface area contributed by atoms with Crippen molar-refractivity contribution in [3.8, 4) is 6.07 Å². The predicted molar refractivity (Wildman–Crippen MR) is 75.3 cm³/mol. The Balaban J connectivity index is 2.55. The van der Waals surface area contributed by atoms with Crippen LogP contribution in [0.2, 0.25) is 0 Å². The predicted octanol–water partition coefficient (Wildman–Crippen LogP) is 0.671. The van der Waals surface area contributed by atoms with E-state index in [9.17, 15) is 14.0 Å². The first-order valence-corrected chi connectivity index (χ1v) is 6.26. The molecule has 0 amide bonds. The van der Waals surface area contributed by atoms with Crippen molar-refractivity contribution >= 4 is 5.69 Å². The fraction of sp³-hybridized carbons (Fsp3) is 0.214. The van der Waals surface area contributed by atoms with Gasteiger partial charge in [-0.2, -0.15) is 5.26 Å². The molecule has 0 fully saturated rings. The molecule has 1 heterocycles. The third-order valence-electron chi connectivity index (χ3n) is 3.11. The third kappa shape index (κ3) is 2.69. The molecule has 0 saturated heterocycles. The number of anilines is 1. The molecule has 7 heteroatoms. The smallest absolute Gasteiger partial charge is 0.331 e. The van der Waals surface area contributed by atoms with Gasteiger partial charge in [-0.05, 0) is 19.1 Å². The molecule has 0 aliphatic heterocycles. The lowest BCUT2D eigenvalue weighted by Gasteiger charge is -2.10. The molecule has 0 aliphatic rings. The number of nitrogens with zero attached hydrogens (tertiary/aromatic N) is 3. The molecule has 0 atom stereocenters. The van der Waals surface area contributed by atoms with Crippen molar-refractivity contribution in [3.63, 3.8) is 0 Å². The van der Waals surface area contributed by atoms with Crippen molar-refractivity contribution in [2.75, 3.05) is 5.73 Å². The molecule has 0 unspecified atom stereocenters. The highest BCUT2D eigenvalue weighted by molar-refractivity contribution is 5.34. The molecule has 0 spiro atoms. The van der Waals surface area contributed by atoms with E-state index in [0.29, 0.717) is 6.54 Å². The average Bonchev–Trinajstić information content (AvgIpc) is 2.48. The molecule has 0 saturated carbocycles. The number of hydrogen-bond acceptors (Lipinski definition) is 4. The summed E-state index contributed by atoms with van der Waals surface area (Å²) in [5, 5.41) is 8.69. The van der Waals surface area contributed by atoms with Crippen LogP contribution < -0.4 is 17.0 Å². The first-order chi connectivity index (χ1) is 9.97. The van der Waals surface area contributed by atoms with Gasteiger partial charge in [0.15, 0.2) is 0 Å².